The number of hydrogen-bond donors (Lipinski definition) is 2. The molecule has 0 saturated carbocycles. The molecule has 1 amide bonds. The first-order chi connectivity index (χ1) is 10.2. The Morgan fingerprint density at radius 2 is 2.00 bits per heavy atom. The van der Waals surface area contributed by atoms with Crippen LogP contribution in [0, 0.1) is 18.8 Å². The van der Waals surface area contributed by atoms with Gasteiger partial charge in [-0.05, 0) is 31.2 Å². The van der Waals surface area contributed by atoms with Crippen molar-refractivity contribution in [2.75, 3.05) is 6.61 Å². The van der Waals surface area contributed by atoms with Gasteiger partial charge in [0, 0.05) is 16.9 Å². The molecule has 108 valence electrons. The SMILES string of the molecule is Cc1ccc(C(=O)NCc2ccc(C#CCCO)s2)cc1. The third kappa shape index (κ3) is 4.75. The molecule has 2 aromatic rings. The van der Waals surface area contributed by atoms with Crippen LogP contribution in [0.3, 0.4) is 0 Å². The van der Waals surface area contributed by atoms with Crippen molar-refractivity contribution < 1.29 is 9.90 Å². The summed E-state index contributed by atoms with van der Waals surface area (Å²) in [4.78, 5) is 14.0. The van der Waals surface area contributed by atoms with E-state index in [1.54, 1.807) is 11.3 Å². The molecule has 21 heavy (non-hydrogen) atoms. The minimum Gasteiger partial charge on any atom is -0.395 e. The van der Waals surface area contributed by atoms with Crippen molar-refractivity contribution in [2.24, 2.45) is 0 Å². The summed E-state index contributed by atoms with van der Waals surface area (Å²) in [6.45, 7) is 2.57. The van der Waals surface area contributed by atoms with Crippen molar-refractivity contribution in [1.29, 1.82) is 0 Å². The number of nitrogens with one attached hydrogen (secondary N) is 1. The van der Waals surface area contributed by atoms with Gasteiger partial charge in [-0.3, -0.25) is 4.79 Å². The van der Waals surface area contributed by atoms with Gasteiger partial charge >= 0.3 is 0 Å². The fourth-order valence-corrected chi connectivity index (χ4v) is 2.54. The molecule has 0 saturated heterocycles. The summed E-state index contributed by atoms with van der Waals surface area (Å²) in [6.07, 6.45) is 0.484. The molecule has 4 heteroatoms. The van der Waals surface area contributed by atoms with Crippen molar-refractivity contribution in [3.8, 4) is 11.8 Å². The number of hydrogen-bond acceptors (Lipinski definition) is 3. The van der Waals surface area contributed by atoms with Gasteiger partial charge < -0.3 is 10.4 Å². The lowest BCUT2D eigenvalue weighted by Gasteiger charge is -2.03. The summed E-state index contributed by atoms with van der Waals surface area (Å²) >= 11 is 1.55. The molecule has 0 bridgehead atoms. The first-order valence-corrected chi connectivity index (χ1v) is 7.54. The molecular weight excluding hydrogens is 282 g/mol. The number of amides is 1. The third-order valence-electron chi connectivity index (χ3n) is 2.85. The lowest BCUT2D eigenvalue weighted by atomic mass is 10.1. The van der Waals surface area contributed by atoms with Crippen LogP contribution >= 0.6 is 11.3 Å². The molecule has 0 spiro atoms. The highest BCUT2D eigenvalue weighted by molar-refractivity contribution is 7.12. The van der Waals surface area contributed by atoms with Crippen LogP contribution in [0.5, 0.6) is 0 Å². The van der Waals surface area contributed by atoms with Gasteiger partial charge in [-0.25, -0.2) is 0 Å². The van der Waals surface area contributed by atoms with Gasteiger partial charge in [0.2, 0.25) is 0 Å². The molecule has 2 rings (SSSR count). The Labute approximate surface area is 128 Å². The topological polar surface area (TPSA) is 49.3 Å². The van der Waals surface area contributed by atoms with Crippen LogP contribution in [-0.2, 0) is 6.54 Å². The average Bonchev–Trinajstić information content (AvgIpc) is 2.94. The smallest absolute Gasteiger partial charge is 0.251 e. The average molecular weight is 299 g/mol. The van der Waals surface area contributed by atoms with E-state index in [0.29, 0.717) is 18.5 Å². The second-order valence-electron chi connectivity index (χ2n) is 4.59. The first-order valence-electron chi connectivity index (χ1n) is 6.72. The molecule has 0 unspecified atom stereocenters. The zero-order chi connectivity index (χ0) is 15.1. The Morgan fingerprint density at radius 3 is 2.71 bits per heavy atom. The zero-order valence-corrected chi connectivity index (χ0v) is 12.7. The second-order valence-corrected chi connectivity index (χ2v) is 5.76. The Bertz CT molecular complexity index is 662. The molecular formula is C17H17NO2S. The lowest BCUT2D eigenvalue weighted by molar-refractivity contribution is 0.0951. The molecule has 0 aliphatic rings. The fraction of sp³-hybridized carbons (Fsp3) is 0.235. The van der Waals surface area contributed by atoms with E-state index in [0.717, 1.165) is 15.3 Å². The molecule has 1 heterocycles. The molecule has 2 N–H and O–H groups in total. The first kappa shape index (κ1) is 15.3. The predicted octanol–water partition coefficient (Wildman–Crippen LogP) is 2.72. The van der Waals surface area contributed by atoms with Crippen LogP contribution in [0.4, 0.5) is 0 Å². The van der Waals surface area contributed by atoms with E-state index in [1.807, 2.05) is 43.3 Å². The fourth-order valence-electron chi connectivity index (χ4n) is 1.72. The van der Waals surface area contributed by atoms with E-state index >= 15 is 0 Å². The summed E-state index contributed by atoms with van der Waals surface area (Å²) in [7, 11) is 0. The van der Waals surface area contributed by atoms with E-state index < -0.39 is 0 Å². The van der Waals surface area contributed by atoms with Gasteiger partial charge in [0.1, 0.15) is 0 Å². The summed E-state index contributed by atoms with van der Waals surface area (Å²) in [6, 6.07) is 11.4. The molecule has 0 radical (unpaired) electrons. The monoisotopic (exact) mass is 299 g/mol. The van der Waals surface area contributed by atoms with Gasteiger partial charge in [-0.15, -0.1) is 11.3 Å². The molecule has 1 aromatic carbocycles. The summed E-state index contributed by atoms with van der Waals surface area (Å²) in [5, 5.41) is 11.6. The Hall–Kier alpha value is -2.09. The van der Waals surface area contributed by atoms with Crippen LogP contribution < -0.4 is 5.32 Å². The van der Waals surface area contributed by atoms with Gasteiger partial charge in [0.15, 0.2) is 0 Å². The quantitative estimate of drug-likeness (QED) is 0.853. The van der Waals surface area contributed by atoms with Crippen molar-refractivity contribution in [2.45, 2.75) is 19.9 Å². The molecule has 0 atom stereocenters. The van der Waals surface area contributed by atoms with E-state index in [9.17, 15) is 4.79 Å². The minimum atomic E-state index is -0.0729. The Kier molecular flexibility index (Phi) is 5.56. The molecule has 0 fully saturated rings. The largest absolute Gasteiger partial charge is 0.395 e. The standard InChI is InChI=1S/C17H17NO2S/c1-13-5-7-14(8-6-13)17(20)18-12-16-10-9-15(21-16)4-2-3-11-19/h5-10,19H,3,11-12H2,1H3,(H,18,20). The highest BCUT2D eigenvalue weighted by Crippen LogP contribution is 2.15. The van der Waals surface area contributed by atoms with Gasteiger partial charge in [-0.2, -0.15) is 0 Å². The second kappa shape index (κ2) is 7.63. The maximum atomic E-state index is 12.0. The minimum absolute atomic E-state index is 0.0729. The zero-order valence-electron chi connectivity index (χ0n) is 11.8. The summed E-state index contributed by atoms with van der Waals surface area (Å²) in [5.41, 5.74) is 1.80. The number of carbonyl (C=O) groups is 1. The predicted molar refractivity (Wildman–Crippen MR) is 85.2 cm³/mol. The van der Waals surface area contributed by atoms with Gasteiger partial charge in [0.05, 0.1) is 18.0 Å². The number of aliphatic hydroxyl groups is 1. The van der Waals surface area contributed by atoms with Crippen LogP contribution in [0.15, 0.2) is 36.4 Å². The van der Waals surface area contributed by atoms with Gasteiger partial charge in [0.25, 0.3) is 5.91 Å². The summed E-state index contributed by atoms with van der Waals surface area (Å²) < 4.78 is 0. The maximum Gasteiger partial charge on any atom is 0.251 e. The van der Waals surface area contributed by atoms with Crippen LogP contribution in [0.2, 0.25) is 0 Å². The number of carbonyl (C=O) groups excluding carboxylic acids is 1. The van der Waals surface area contributed by atoms with Crippen molar-refractivity contribution in [3.63, 3.8) is 0 Å². The van der Waals surface area contributed by atoms with Crippen molar-refractivity contribution in [1.82, 2.24) is 5.32 Å². The van der Waals surface area contributed by atoms with E-state index in [4.69, 9.17) is 5.11 Å². The number of thiophene rings is 1. The van der Waals surface area contributed by atoms with E-state index in [1.165, 1.54) is 0 Å². The normalized spacial score (nSPS) is 9.81. The third-order valence-corrected chi connectivity index (χ3v) is 3.85. The molecule has 1 aromatic heterocycles. The number of rotatable bonds is 4. The number of aryl methyl sites for hydroxylation is 1. The maximum absolute atomic E-state index is 12.0. The molecule has 0 aliphatic heterocycles. The number of aliphatic hydroxyl groups excluding tert-OH is 1. The van der Waals surface area contributed by atoms with Gasteiger partial charge in [-0.1, -0.05) is 29.5 Å². The Morgan fingerprint density at radius 1 is 1.24 bits per heavy atom. The van der Waals surface area contributed by atoms with Crippen LogP contribution in [-0.4, -0.2) is 17.6 Å². The Balaban J connectivity index is 1.90. The number of benzene rings is 1. The summed E-state index contributed by atoms with van der Waals surface area (Å²) in [5.74, 6) is 5.80. The molecule has 3 nitrogen and oxygen atoms in total. The van der Waals surface area contributed by atoms with Crippen molar-refractivity contribution >= 4 is 17.2 Å². The van der Waals surface area contributed by atoms with Crippen LogP contribution in [0.25, 0.3) is 0 Å². The highest BCUT2D eigenvalue weighted by atomic mass is 32.1. The lowest BCUT2D eigenvalue weighted by Crippen LogP contribution is -2.22. The van der Waals surface area contributed by atoms with E-state index in [-0.39, 0.29) is 12.5 Å². The van der Waals surface area contributed by atoms with Crippen LogP contribution in [0.1, 0.15) is 32.1 Å². The van der Waals surface area contributed by atoms with Crippen molar-refractivity contribution in [3.05, 3.63) is 57.3 Å². The molecule has 0 aliphatic carbocycles. The highest BCUT2D eigenvalue weighted by Gasteiger charge is 2.05. The van der Waals surface area contributed by atoms with E-state index in [2.05, 4.69) is 17.2 Å².